The zero-order chi connectivity index (χ0) is 16.9. The summed E-state index contributed by atoms with van der Waals surface area (Å²) in [6.45, 7) is 7.38. The van der Waals surface area contributed by atoms with Crippen molar-refractivity contribution in [3.05, 3.63) is 29.3 Å². The molecular weight excluding hydrogens is 284 g/mol. The van der Waals surface area contributed by atoms with Crippen LogP contribution in [0.2, 0.25) is 0 Å². The molecule has 0 saturated heterocycles. The summed E-state index contributed by atoms with van der Waals surface area (Å²) in [6, 6.07) is 5.16. The lowest BCUT2D eigenvalue weighted by atomic mass is 10.00. The number of carbonyl (C=O) groups excluding carboxylic acids is 1. The summed E-state index contributed by atoms with van der Waals surface area (Å²) < 4.78 is 5.08. The Morgan fingerprint density at radius 2 is 2.00 bits per heavy atom. The van der Waals surface area contributed by atoms with E-state index >= 15 is 0 Å². The topological polar surface area (TPSA) is 105 Å². The number of aliphatic hydroxyl groups is 2. The molecule has 6 heteroatoms. The van der Waals surface area contributed by atoms with Gasteiger partial charge in [-0.25, -0.2) is 4.79 Å². The lowest BCUT2D eigenvalue weighted by Gasteiger charge is -2.21. The number of nitrogens with one attached hydrogen (secondary N) is 1. The first-order valence-electron chi connectivity index (χ1n) is 7.29. The molecule has 22 heavy (non-hydrogen) atoms. The van der Waals surface area contributed by atoms with Crippen LogP contribution >= 0.6 is 0 Å². The molecule has 0 aliphatic rings. The number of hydrogen-bond donors (Lipinski definition) is 4. The molecule has 0 radical (unpaired) electrons. The van der Waals surface area contributed by atoms with Crippen LogP contribution in [0.5, 0.6) is 0 Å². The number of nitrogens with two attached hydrogens (primary N) is 1. The van der Waals surface area contributed by atoms with Gasteiger partial charge in [0.25, 0.3) is 0 Å². The molecule has 0 aromatic heterocycles. The van der Waals surface area contributed by atoms with Gasteiger partial charge in [0.15, 0.2) is 0 Å². The van der Waals surface area contributed by atoms with Crippen molar-refractivity contribution in [3.8, 4) is 0 Å². The number of hydrogen-bond acceptors (Lipinski definition) is 5. The van der Waals surface area contributed by atoms with Gasteiger partial charge in [0.2, 0.25) is 0 Å². The van der Waals surface area contributed by atoms with Gasteiger partial charge in [-0.3, -0.25) is 0 Å². The van der Waals surface area contributed by atoms with Crippen molar-refractivity contribution < 1.29 is 19.7 Å². The Bertz CT molecular complexity index is 511. The highest BCUT2D eigenvalue weighted by Gasteiger charge is 2.20. The fourth-order valence-corrected chi connectivity index (χ4v) is 1.86. The number of aliphatic hydroxyl groups excluding tert-OH is 2. The second-order valence-corrected chi connectivity index (χ2v) is 6.35. The van der Waals surface area contributed by atoms with Crippen LogP contribution < -0.4 is 11.1 Å². The molecule has 5 N–H and O–H groups in total. The van der Waals surface area contributed by atoms with Gasteiger partial charge in [0.05, 0.1) is 6.10 Å². The van der Waals surface area contributed by atoms with Gasteiger partial charge >= 0.3 is 6.09 Å². The first-order valence-corrected chi connectivity index (χ1v) is 7.29. The van der Waals surface area contributed by atoms with Gasteiger partial charge in [-0.2, -0.15) is 0 Å². The third-order valence-corrected chi connectivity index (χ3v) is 3.12. The molecule has 2 unspecified atom stereocenters. The van der Waals surface area contributed by atoms with Gasteiger partial charge in [-0.15, -0.1) is 0 Å². The van der Waals surface area contributed by atoms with Crippen molar-refractivity contribution >= 4 is 11.8 Å². The Labute approximate surface area is 131 Å². The Hall–Kier alpha value is -1.79. The Balaban J connectivity index is 2.46. The van der Waals surface area contributed by atoms with Crippen LogP contribution in [0.3, 0.4) is 0 Å². The number of ether oxygens (including phenoxy) is 1. The molecule has 1 aromatic rings. The smallest absolute Gasteiger partial charge is 0.407 e. The molecular formula is C16H26N2O4. The molecule has 1 amide bonds. The zero-order valence-corrected chi connectivity index (χ0v) is 13.6. The lowest BCUT2D eigenvalue weighted by molar-refractivity contribution is 0.0123. The van der Waals surface area contributed by atoms with E-state index in [1.807, 2.05) is 6.92 Å². The molecule has 2 atom stereocenters. The quantitative estimate of drug-likeness (QED) is 0.622. The minimum atomic E-state index is -1.05. The van der Waals surface area contributed by atoms with E-state index in [2.05, 4.69) is 5.32 Å². The second kappa shape index (κ2) is 7.47. The van der Waals surface area contributed by atoms with Crippen molar-refractivity contribution in [1.29, 1.82) is 0 Å². The molecule has 0 spiro atoms. The average molecular weight is 310 g/mol. The zero-order valence-electron chi connectivity index (χ0n) is 13.6. The van der Waals surface area contributed by atoms with Crippen molar-refractivity contribution in [2.45, 2.75) is 51.9 Å². The summed E-state index contributed by atoms with van der Waals surface area (Å²) in [5.74, 6) is 0. The van der Waals surface area contributed by atoms with E-state index in [9.17, 15) is 15.0 Å². The van der Waals surface area contributed by atoms with Crippen LogP contribution in [0.4, 0.5) is 10.5 Å². The standard InChI is InChI=1S/C16H26N2O4/c1-10-5-6-11(9-12(10)17)14(20)13(19)7-8-18-15(21)22-16(2,3)4/h5-6,9,13-14,19-20H,7-8,17H2,1-4H3,(H,18,21). The van der Waals surface area contributed by atoms with Gasteiger partial charge in [-0.1, -0.05) is 12.1 Å². The third-order valence-electron chi connectivity index (χ3n) is 3.12. The van der Waals surface area contributed by atoms with Gasteiger partial charge in [0.1, 0.15) is 11.7 Å². The Kier molecular flexibility index (Phi) is 6.20. The maximum Gasteiger partial charge on any atom is 0.407 e. The number of rotatable bonds is 5. The van der Waals surface area contributed by atoms with Crippen LogP contribution in [0, 0.1) is 6.92 Å². The SMILES string of the molecule is Cc1ccc(C(O)C(O)CCNC(=O)OC(C)(C)C)cc1N. The number of aryl methyl sites for hydroxylation is 1. The highest BCUT2D eigenvalue weighted by Crippen LogP contribution is 2.22. The normalized spacial score (nSPS) is 14.3. The van der Waals surface area contributed by atoms with E-state index in [-0.39, 0.29) is 13.0 Å². The molecule has 0 heterocycles. The summed E-state index contributed by atoms with van der Waals surface area (Å²) in [4.78, 5) is 11.5. The van der Waals surface area contributed by atoms with Crippen LogP contribution in [0.15, 0.2) is 18.2 Å². The van der Waals surface area contributed by atoms with E-state index in [4.69, 9.17) is 10.5 Å². The summed E-state index contributed by atoms with van der Waals surface area (Å²) in [6.07, 6.45) is -2.40. The predicted molar refractivity (Wildman–Crippen MR) is 85.4 cm³/mol. The van der Waals surface area contributed by atoms with Crippen molar-refractivity contribution in [3.63, 3.8) is 0 Å². The highest BCUT2D eigenvalue weighted by atomic mass is 16.6. The monoisotopic (exact) mass is 310 g/mol. The van der Waals surface area contributed by atoms with Crippen molar-refractivity contribution in [1.82, 2.24) is 5.32 Å². The molecule has 0 bridgehead atoms. The highest BCUT2D eigenvalue weighted by molar-refractivity contribution is 5.67. The third kappa shape index (κ3) is 5.91. The predicted octanol–water partition coefficient (Wildman–Crippen LogP) is 1.89. The van der Waals surface area contributed by atoms with E-state index in [1.165, 1.54) is 0 Å². The number of nitrogen functional groups attached to an aromatic ring is 1. The maximum atomic E-state index is 11.5. The maximum absolute atomic E-state index is 11.5. The van der Waals surface area contributed by atoms with Crippen LogP contribution in [-0.2, 0) is 4.74 Å². The van der Waals surface area contributed by atoms with E-state index in [1.54, 1.807) is 39.0 Å². The van der Waals surface area contributed by atoms with Gasteiger partial charge < -0.3 is 26.0 Å². The summed E-state index contributed by atoms with van der Waals surface area (Å²) >= 11 is 0. The minimum Gasteiger partial charge on any atom is -0.444 e. The molecule has 0 aliphatic heterocycles. The molecule has 1 aromatic carbocycles. The number of amides is 1. The summed E-state index contributed by atoms with van der Waals surface area (Å²) in [5, 5.41) is 22.6. The summed E-state index contributed by atoms with van der Waals surface area (Å²) in [5.41, 5.74) is 7.25. The number of anilines is 1. The fourth-order valence-electron chi connectivity index (χ4n) is 1.86. The van der Waals surface area contributed by atoms with Crippen LogP contribution in [0.1, 0.15) is 44.4 Å². The van der Waals surface area contributed by atoms with Crippen molar-refractivity contribution in [2.75, 3.05) is 12.3 Å². The first-order chi connectivity index (χ1) is 10.1. The lowest BCUT2D eigenvalue weighted by Crippen LogP contribution is -2.34. The van der Waals surface area contributed by atoms with Gasteiger partial charge in [0, 0.05) is 12.2 Å². The Morgan fingerprint density at radius 3 is 2.55 bits per heavy atom. The molecule has 124 valence electrons. The number of benzene rings is 1. The fraction of sp³-hybridized carbons (Fsp3) is 0.562. The molecule has 0 fully saturated rings. The molecule has 0 aliphatic carbocycles. The van der Waals surface area contributed by atoms with Crippen LogP contribution in [-0.4, -0.2) is 34.6 Å². The van der Waals surface area contributed by atoms with Crippen LogP contribution in [0.25, 0.3) is 0 Å². The number of carbonyl (C=O) groups is 1. The van der Waals surface area contributed by atoms with E-state index < -0.39 is 23.9 Å². The number of alkyl carbamates (subject to hydrolysis) is 1. The minimum absolute atomic E-state index is 0.203. The molecule has 6 nitrogen and oxygen atoms in total. The average Bonchev–Trinajstić information content (AvgIpc) is 2.38. The van der Waals surface area contributed by atoms with Crippen molar-refractivity contribution in [2.24, 2.45) is 0 Å². The molecule has 1 rings (SSSR count). The largest absolute Gasteiger partial charge is 0.444 e. The molecule has 0 saturated carbocycles. The van der Waals surface area contributed by atoms with E-state index in [0.29, 0.717) is 11.3 Å². The first kappa shape index (κ1) is 18.3. The van der Waals surface area contributed by atoms with E-state index in [0.717, 1.165) is 5.56 Å². The second-order valence-electron chi connectivity index (χ2n) is 6.35. The summed E-state index contributed by atoms with van der Waals surface area (Å²) in [7, 11) is 0. The van der Waals surface area contributed by atoms with Gasteiger partial charge in [-0.05, 0) is 51.3 Å². The Morgan fingerprint density at radius 1 is 1.36 bits per heavy atom.